The van der Waals surface area contributed by atoms with Crippen molar-refractivity contribution in [2.45, 2.75) is 39.2 Å². The SMILES string of the molecule is COC(C)(C)C(=O)Nc1ccc(OCCN2CCC[C@H](C)C2)cc1. The molecule has 0 spiro atoms. The quantitative estimate of drug-likeness (QED) is 0.832. The maximum absolute atomic E-state index is 12.1. The fraction of sp³-hybridized carbons (Fsp3) is 0.632. The second kappa shape index (κ2) is 8.49. The van der Waals surface area contributed by atoms with Crippen molar-refractivity contribution in [1.29, 1.82) is 0 Å². The van der Waals surface area contributed by atoms with E-state index in [1.165, 1.54) is 33.0 Å². The van der Waals surface area contributed by atoms with Gasteiger partial charge in [0.15, 0.2) is 0 Å². The van der Waals surface area contributed by atoms with E-state index in [0.717, 1.165) is 23.9 Å². The highest BCUT2D eigenvalue weighted by molar-refractivity contribution is 5.96. The number of hydrogen-bond donors (Lipinski definition) is 1. The average Bonchev–Trinajstić information content (AvgIpc) is 2.56. The predicted molar refractivity (Wildman–Crippen MR) is 96.5 cm³/mol. The molecule has 1 aliphatic rings. The summed E-state index contributed by atoms with van der Waals surface area (Å²) >= 11 is 0. The van der Waals surface area contributed by atoms with Gasteiger partial charge in [-0.3, -0.25) is 9.69 Å². The second-order valence-electron chi connectivity index (χ2n) is 7.09. The Morgan fingerprint density at radius 2 is 2.04 bits per heavy atom. The van der Waals surface area contributed by atoms with Crippen LogP contribution in [0.2, 0.25) is 0 Å². The summed E-state index contributed by atoms with van der Waals surface area (Å²) in [5.74, 6) is 1.44. The highest BCUT2D eigenvalue weighted by atomic mass is 16.5. The molecule has 134 valence electrons. The van der Waals surface area contributed by atoms with Crippen molar-refractivity contribution in [2.75, 3.05) is 38.7 Å². The number of nitrogens with zero attached hydrogens (tertiary/aromatic N) is 1. The summed E-state index contributed by atoms with van der Waals surface area (Å²) in [4.78, 5) is 14.5. The van der Waals surface area contributed by atoms with Crippen LogP contribution in [0.1, 0.15) is 33.6 Å². The fourth-order valence-electron chi connectivity index (χ4n) is 2.79. The molecule has 1 aromatic carbocycles. The van der Waals surface area contributed by atoms with Crippen molar-refractivity contribution in [3.63, 3.8) is 0 Å². The summed E-state index contributed by atoms with van der Waals surface area (Å²) in [6, 6.07) is 7.46. The maximum Gasteiger partial charge on any atom is 0.256 e. The van der Waals surface area contributed by atoms with Crippen LogP contribution in [-0.4, -0.2) is 49.8 Å². The number of likely N-dealkylation sites (tertiary alicyclic amines) is 1. The molecular formula is C19H30N2O3. The Hall–Kier alpha value is -1.59. The number of carbonyl (C=O) groups is 1. The summed E-state index contributed by atoms with van der Waals surface area (Å²) in [6.07, 6.45) is 2.62. The highest BCUT2D eigenvalue weighted by Gasteiger charge is 2.26. The molecule has 5 nitrogen and oxygen atoms in total. The molecule has 1 aliphatic heterocycles. The lowest BCUT2D eigenvalue weighted by Gasteiger charge is -2.30. The van der Waals surface area contributed by atoms with Crippen molar-refractivity contribution in [3.8, 4) is 5.75 Å². The number of ether oxygens (including phenoxy) is 2. The molecule has 0 radical (unpaired) electrons. The fourth-order valence-corrected chi connectivity index (χ4v) is 2.79. The van der Waals surface area contributed by atoms with Gasteiger partial charge >= 0.3 is 0 Å². The van der Waals surface area contributed by atoms with Crippen LogP contribution in [0.15, 0.2) is 24.3 Å². The van der Waals surface area contributed by atoms with Crippen LogP contribution in [0.5, 0.6) is 5.75 Å². The average molecular weight is 334 g/mol. The molecule has 0 saturated carbocycles. The first-order valence-electron chi connectivity index (χ1n) is 8.72. The largest absolute Gasteiger partial charge is 0.492 e. The number of benzene rings is 1. The summed E-state index contributed by atoms with van der Waals surface area (Å²) in [5, 5.41) is 2.85. The molecule has 1 saturated heterocycles. The Balaban J connectivity index is 1.76. The van der Waals surface area contributed by atoms with Gasteiger partial charge in [0.1, 0.15) is 18.0 Å². The maximum atomic E-state index is 12.1. The standard InChI is InChI=1S/C19H30N2O3/c1-15-6-5-11-21(14-15)12-13-24-17-9-7-16(8-10-17)20-18(22)19(2,3)23-4/h7-10,15H,5-6,11-14H2,1-4H3,(H,20,22)/t15-/m0/s1. The molecule has 1 N–H and O–H groups in total. The van der Waals surface area contributed by atoms with Gasteiger partial charge in [0, 0.05) is 25.9 Å². The lowest BCUT2D eigenvalue weighted by Crippen LogP contribution is -2.38. The van der Waals surface area contributed by atoms with Crippen LogP contribution < -0.4 is 10.1 Å². The van der Waals surface area contributed by atoms with E-state index >= 15 is 0 Å². The van der Waals surface area contributed by atoms with Gasteiger partial charge in [0.2, 0.25) is 0 Å². The number of rotatable bonds is 7. The van der Waals surface area contributed by atoms with Crippen molar-refractivity contribution in [1.82, 2.24) is 4.90 Å². The van der Waals surface area contributed by atoms with Crippen LogP contribution in [-0.2, 0) is 9.53 Å². The molecule has 24 heavy (non-hydrogen) atoms. The Bertz CT molecular complexity index is 528. The summed E-state index contributed by atoms with van der Waals surface area (Å²) < 4.78 is 11.0. The van der Waals surface area contributed by atoms with Gasteiger partial charge in [-0.05, 0) is 63.4 Å². The van der Waals surface area contributed by atoms with Crippen molar-refractivity contribution < 1.29 is 14.3 Å². The normalized spacial score (nSPS) is 19.1. The van der Waals surface area contributed by atoms with Crippen LogP contribution in [0, 0.1) is 5.92 Å². The zero-order chi connectivity index (χ0) is 17.6. The van der Waals surface area contributed by atoms with Crippen LogP contribution in [0.4, 0.5) is 5.69 Å². The Kier molecular flexibility index (Phi) is 6.63. The van der Waals surface area contributed by atoms with Crippen LogP contribution in [0.3, 0.4) is 0 Å². The first-order chi connectivity index (χ1) is 11.4. The number of nitrogens with one attached hydrogen (secondary N) is 1. The number of carbonyl (C=O) groups excluding carboxylic acids is 1. The molecule has 0 bridgehead atoms. The van der Waals surface area contributed by atoms with Gasteiger partial charge in [0.05, 0.1) is 0 Å². The first kappa shape index (κ1) is 18.7. The Morgan fingerprint density at radius 1 is 1.33 bits per heavy atom. The van der Waals surface area contributed by atoms with E-state index < -0.39 is 5.60 Å². The molecule has 1 atom stereocenters. The first-order valence-corrected chi connectivity index (χ1v) is 8.72. The number of methoxy groups -OCH3 is 1. The van der Waals surface area contributed by atoms with E-state index in [1.54, 1.807) is 13.8 Å². The highest BCUT2D eigenvalue weighted by Crippen LogP contribution is 2.19. The molecular weight excluding hydrogens is 304 g/mol. The topological polar surface area (TPSA) is 50.8 Å². The van der Waals surface area contributed by atoms with Gasteiger partial charge in [-0.1, -0.05) is 6.92 Å². The van der Waals surface area contributed by atoms with Gasteiger partial charge < -0.3 is 14.8 Å². The zero-order valence-electron chi connectivity index (χ0n) is 15.3. The lowest BCUT2D eigenvalue weighted by molar-refractivity contribution is -0.133. The molecule has 1 amide bonds. The zero-order valence-corrected chi connectivity index (χ0v) is 15.3. The minimum absolute atomic E-state index is 0.169. The van der Waals surface area contributed by atoms with Crippen molar-refractivity contribution >= 4 is 11.6 Å². The number of piperidine rings is 1. The van der Waals surface area contributed by atoms with Crippen molar-refractivity contribution in [3.05, 3.63) is 24.3 Å². The summed E-state index contributed by atoms with van der Waals surface area (Å²) in [5.41, 5.74) is -0.108. The van der Waals surface area contributed by atoms with E-state index in [0.29, 0.717) is 6.61 Å². The second-order valence-corrected chi connectivity index (χ2v) is 7.09. The summed E-state index contributed by atoms with van der Waals surface area (Å²) in [6.45, 7) is 9.78. The van der Waals surface area contributed by atoms with Crippen LogP contribution in [0.25, 0.3) is 0 Å². The molecule has 1 fully saturated rings. The van der Waals surface area contributed by atoms with E-state index in [4.69, 9.17) is 9.47 Å². The third kappa shape index (κ3) is 5.49. The van der Waals surface area contributed by atoms with E-state index in [9.17, 15) is 4.79 Å². The third-order valence-corrected chi connectivity index (χ3v) is 4.59. The Morgan fingerprint density at radius 3 is 2.67 bits per heavy atom. The third-order valence-electron chi connectivity index (χ3n) is 4.59. The smallest absolute Gasteiger partial charge is 0.256 e. The van der Waals surface area contributed by atoms with Gasteiger partial charge in [-0.25, -0.2) is 0 Å². The predicted octanol–water partition coefficient (Wildman–Crippen LogP) is 3.16. The van der Waals surface area contributed by atoms with E-state index in [-0.39, 0.29) is 5.91 Å². The molecule has 1 heterocycles. The van der Waals surface area contributed by atoms with Gasteiger partial charge in [-0.15, -0.1) is 0 Å². The molecule has 2 rings (SSSR count). The minimum atomic E-state index is -0.846. The Labute approximate surface area is 145 Å². The number of amides is 1. The number of anilines is 1. The lowest BCUT2D eigenvalue weighted by atomic mass is 10.0. The molecule has 0 aromatic heterocycles. The van der Waals surface area contributed by atoms with Crippen molar-refractivity contribution in [2.24, 2.45) is 5.92 Å². The molecule has 1 aromatic rings. The van der Waals surface area contributed by atoms with E-state index in [1.807, 2.05) is 24.3 Å². The molecule has 5 heteroatoms. The van der Waals surface area contributed by atoms with Gasteiger partial charge in [-0.2, -0.15) is 0 Å². The van der Waals surface area contributed by atoms with Crippen LogP contribution >= 0.6 is 0 Å². The van der Waals surface area contributed by atoms with E-state index in [2.05, 4.69) is 17.1 Å². The number of hydrogen-bond acceptors (Lipinski definition) is 4. The monoisotopic (exact) mass is 334 g/mol. The van der Waals surface area contributed by atoms with Gasteiger partial charge in [0.25, 0.3) is 5.91 Å². The minimum Gasteiger partial charge on any atom is -0.492 e. The molecule has 0 aliphatic carbocycles. The summed E-state index contributed by atoms with van der Waals surface area (Å²) in [7, 11) is 1.53. The molecule has 0 unspecified atom stereocenters.